The number of aromatic hydroxyl groups is 2. The first kappa shape index (κ1) is 13.6. The molecule has 17 heavy (non-hydrogen) atoms. The van der Waals surface area contributed by atoms with Crippen molar-refractivity contribution in [2.24, 2.45) is 0 Å². The van der Waals surface area contributed by atoms with Crippen molar-refractivity contribution in [2.45, 2.75) is 12.3 Å². The van der Waals surface area contributed by atoms with Crippen LogP contribution in [-0.4, -0.2) is 28.9 Å². The number of benzene rings is 1. The van der Waals surface area contributed by atoms with Gasteiger partial charge in [0.15, 0.2) is 11.5 Å². The first-order valence-corrected chi connectivity index (χ1v) is 4.73. The van der Waals surface area contributed by atoms with Gasteiger partial charge in [0.05, 0.1) is 6.10 Å². The van der Waals surface area contributed by atoms with E-state index in [9.17, 15) is 28.5 Å². The Bertz CT molecular complexity index is 407. The Labute approximate surface area is 95.3 Å². The SMILES string of the molecule is CNCC(O)c1ccc(C(F)(F)F)c(O)c1O. The zero-order chi connectivity index (χ0) is 13.2. The minimum absolute atomic E-state index is 0.0400. The lowest BCUT2D eigenvalue weighted by molar-refractivity contribution is -0.138. The van der Waals surface area contributed by atoms with E-state index in [-0.39, 0.29) is 12.1 Å². The number of rotatable bonds is 3. The predicted molar refractivity (Wildman–Crippen MR) is 53.7 cm³/mol. The van der Waals surface area contributed by atoms with Crippen molar-refractivity contribution >= 4 is 0 Å². The Morgan fingerprint density at radius 1 is 1.24 bits per heavy atom. The number of phenols is 2. The standard InChI is InChI=1S/C10H12F3NO3/c1-14-4-7(15)5-2-3-6(10(11,12)13)9(17)8(5)16/h2-3,7,14-17H,4H2,1H3. The van der Waals surface area contributed by atoms with Crippen molar-refractivity contribution in [3.63, 3.8) is 0 Å². The normalized spacial score (nSPS) is 13.7. The molecule has 0 bridgehead atoms. The molecule has 1 atom stereocenters. The fourth-order valence-electron chi connectivity index (χ4n) is 1.40. The molecule has 0 saturated heterocycles. The van der Waals surface area contributed by atoms with Gasteiger partial charge in [0, 0.05) is 12.1 Å². The van der Waals surface area contributed by atoms with E-state index >= 15 is 0 Å². The summed E-state index contributed by atoms with van der Waals surface area (Å²) < 4.78 is 37.1. The molecule has 0 radical (unpaired) electrons. The molecule has 0 aliphatic carbocycles. The third-order valence-corrected chi connectivity index (χ3v) is 2.24. The van der Waals surface area contributed by atoms with Crippen LogP contribution in [-0.2, 0) is 6.18 Å². The Hall–Kier alpha value is -1.47. The molecule has 4 nitrogen and oxygen atoms in total. The number of nitrogens with one attached hydrogen (secondary N) is 1. The predicted octanol–water partition coefficient (Wildman–Crippen LogP) is 1.37. The average Bonchev–Trinajstić information content (AvgIpc) is 2.20. The summed E-state index contributed by atoms with van der Waals surface area (Å²) in [4.78, 5) is 0. The van der Waals surface area contributed by atoms with Crippen LogP contribution in [0, 0.1) is 0 Å². The van der Waals surface area contributed by atoms with Crippen molar-refractivity contribution in [3.8, 4) is 11.5 Å². The van der Waals surface area contributed by atoms with Gasteiger partial charge in [-0.25, -0.2) is 0 Å². The molecule has 0 aromatic heterocycles. The number of alkyl halides is 3. The minimum Gasteiger partial charge on any atom is -0.504 e. The van der Waals surface area contributed by atoms with E-state index in [2.05, 4.69) is 5.32 Å². The number of phenolic OH excluding ortho intramolecular Hbond substituents is 2. The van der Waals surface area contributed by atoms with Crippen LogP contribution in [0.25, 0.3) is 0 Å². The van der Waals surface area contributed by atoms with Crippen LogP contribution in [0.5, 0.6) is 11.5 Å². The van der Waals surface area contributed by atoms with Gasteiger partial charge in [-0.15, -0.1) is 0 Å². The van der Waals surface area contributed by atoms with Crippen molar-refractivity contribution in [1.82, 2.24) is 5.32 Å². The summed E-state index contributed by atoms with van der Waals surface area (Å²) in [5.41, 5.74) is -1.50. The highest BCUT2D eigenvalue weighted by Crippen LogP contribution is 2.43. The average molecular weight is 251 g/mol. The van der Waals surface area contributed by atoms with Gasteiger partial charge >= 0.3 is 6.18 Å². The summed E-state index contributed by atoms with van der Waals surface area (Å²) in [6.07, 6.45) is -5.96. The molecule has 7 heteroatoms. The molecular formula is C10H12F3NO3. The van der Waals surface area contributed by atoms with Gasteiger partial charge < -0.3 is 20.6 Å². The van der Waals surface area contributed by atoms with Gasteiger partial charge in [0.1, 0.15) is 5.56 Å². The maximum atomic E-state index is 12.4. The highest BCUT2D eigenvalue weighted by Gasteiger charge is 2.36. The van der Waals surface area contributed by atoms with Gasteiger partial charge in [-0.1, -0.05) is 6.07 Å². The molecule has 1 aromatic rings. The number of aliphatic hydroxyl groups is 1. The number of halogens is 3. The van der Waals surface area contributed by atoms with E-state index in [1.807, 2.05) is 0 Å². The third kappa shape index (κ3) is 2.80. The molecule has 0 amide bonds. The molecular weight excluding hydrogens is 239 g/mol. The Balaban J connectivity index is 3.20. The smallest absolute Gasteiger partial charge is 0.420 e. The maximum absolute atomic E-state index is 12.4. The second kappa shape index (κ2) is 4.80. The van der Waals surface area contributed by atoms with E-state index in [1.54, 1.807) is 0 Å². The van der Waals surface area contributed by atoms with Crippen LogP contribution in [0.3, 0.4) is 0 Å². The lowest BCUT2D eigenvalue weighted by Crippen LogP contribution is -2.17. The number of likely N-dealkylation sites (N-methyl/N-ethyl adjacent to an activating group) is 1. The lowest BCUT2D eigenvalue weighted by Gasteiger charge is -2.16. The van der Waals surface area contributed by atoms with Gasteiger partial charge in [-0.05, 0) is 13.1 Å². The monoisotopic (exact) mass is 251 g/mol. The zero-order valence-corrected chi connectivity index (χ0v) is 8.91. The molecule has 0 saturated carbocycles. The Morgan fingerprint density at radius 2 is 1.82 bits per heavy atom. The first-order valence-electron chi connectivity index (χ1n) is 4.73. The molecule has 1 rings (SSSR count). The summed E-state index contributed by atoms with van der Waals surface area (Å²) in [5.74, 6) is -2.23. The van der Waals surface area contributed by atoms with Crippen LogP contribution >= 0.6 is 0 Å². The molecule has 96 valence electrons. The number of hydrogen-bond donors (Lipinski definition) is 4. The molecule has 1 aromatic carbocycles. The van der Waals surface area contributed by atoms with Crippen LogP contribution in [0.15, 0.2) is 12.1 Å². The Morgan fingerprint density at radius 3 is 2.29 bits per heavy atom. The van der Waals surface area contributed by atoms with Crippen LogP contribution < -0.4 is 5.32 Å². The molecule has 0 spiro atoms. The molecule has 0 aliphatic heterocycles. The molecule has 0 heterocycles. The van der Waals surface area contributed by atoms with Crippen LogP contribution in [0.4, 0.5) is 13.2 Å². The largest absolute Gasteiger partial charge is 0.504 e. The minimum atomic E-state index is -4.76. The summed E-state index contributed by atoms with van der Waals surface area (Å²) in [6, 6.07) is 1.54. The molecule has 0 aliphatic rings. The highest BCUT2D eigenvalue weighted by atomic mass is 19.4. The topological polar surface area (TPSA) is 72.7 Å². The fourth-order valence-corrected chi connectivity index (χ4v) is 1.40. The summed E-state index contributed by atoms with van der Waals surface area (Å²) >= 11 is 0. The maximum Gasteiger partial charge on any atom is 0.420 e. The molecule has 1 unspecified atom stereocenters. The number of aliphatic hydroxyl groups excluding tert-OH is 1. The second-order valence-corrected chi connectivity index (χ2v) is 3.47. The fraction of sp³-hybridized carbons (Fsp3) is 0.400. The number of hydrogen-bond acceptors (Lipinski definition) is 4. The zero-order valence-electron chi connectivity index (χ0n) is 8.91. The lowest BCUT2D eigenvalue weighted by atomic mass is 10.0. The van der Waals surface area contributed by atoms with Crippen molar-refractivity contribution in [3.05, 3.63) is 23.3 Å². The summed E-state index contributed by atoms with van der Waals surface area (Å²) in [7, 11) is 1.53. The second-order valence-electron chi connectivity index (χ2n) is 3.47. The van der Waals surface area contributed by atoms with Crippen molar-refractivity contribution in [1.29, 1.82) is 0 Å². The highest BCUT2D eigenvalue weighted by molar-refractivity contribution is 5.52. The van der Waals surface area contributed by atoms with E-state index in [0.29, 0.717) is 6.07 Å². The first-order chi connectivity index (χ1) is 7.79. The van der Waals surface area contributed by atoms with E-state index in [4.69, 9.17) is 0 Å². The van der Waals surface area contributed by atoms with Crippen molar-refractivity contribution in [2.75, 3.05) is 13.6 Å². The molecule has 4 N–H and O–H groups in total. The Kier molecular flexibility index (Phi) is 3.84. The quantitative estimate of drug-likeness (QED) is 0.612. The van der Waals surface area contributed by atoms with Crippen molar-refractivity contribution < 1.29 is 28.5 Å². The van der Waals surface area contributed by atoms with Crippen LogP contribution in [0.1, 0.15) is 17.2 Å². The molecule has 0 fully saturated rings. The van der Waals surface area contributed by atoms with E-state index in [0.717, 1.165) is 6.07 Å². The van der Waals surface area contributed by atoms with Gasteiger partial charge in [0.25, 0.3) is 0 Å². The van der Waals surface area contributed by atoms with Gasteiger partial charge in [-0.2, -0.15) is 13.2 Å². The van der Waals surface area contributed by atoms with Gasteiger partial charge in [0.2, 0.25) is 0 Å². The van der Waals surface area contributed by atoms with Gasteiger partial charge in [-0.3, -0.25) is 0 Å². The summed E-state index contributed by atoms with van der Waals surface area (Å²) in [6.45, 7) is 0.0400. The summed E-state index contributed by atoms with van der Waals surface area (Å²) in [5, 5.41) is 30.7. The van der Waals surface area contributed by atoms with E-state index in [1.165, 1.54) is 7.05 Å². The van der Waals surface area contributed by atoms with Crippen LogP contribution in [0.2, 0.25) is 0 Å². The van der Waals surface area contributed by atoms with E-state index < -0.39 is 29.3 Å². The third-order valence-electron chi connectivity index (χ3n) is 2.24.